The number of nitrogens with one attached hydrogen (secondary N) is 1. The van der Waals surface area contributed by atoms with Gasteiger partial charge in [-0.25, -0.2) is 9.97 Å². The molecule has 9 heteroatoms. The summed E-state index contributed by atoms with van der Waals surface area (Å²) in [5.41, 5.74) is 1.92. The number of hydrogen-bond acceptors (Lipinski definition) is 6. The summed E-state index contributed by atoms with van der Waals surface area (Å²) in [6, 6.07) is 16.4. The van der Waals surface area contributed by atoms with E-state index in [-0.39, 0.29) is 30.1 Å². The first-order valence-electron chi connectivity index (χ1n) is 9.68. The highest BCUT2D eigenvalue weighted by Gasteiger charge is 2.34. The van der Waals surface area contributed by atoms with E-state index >= 15 is 0 Å². The van der Waals surface area contributed by atoms with Crippen molar-refractivity contribution in [2.75, 3.05) is 13.1 Å². The minimum atomic E-state index is -0.389. The molecular formula is C23H17ClN4O3S. The van der Waals surface area contributed by atoms with E-state index in [1.54, 1.807) is 30.3 Å². The number of rotatable bonds is 6. The lowest BCUT2D eigenvalue weighted by molar-refractivity contribution is -0.122. The molecule has 1 saturated heterocycles. The Morgan fingerprint density at radius 1 is 1.03 bits per heavy atom. The molecule has 0 saturated carbocycles. The quantitative estimate of drug-likeness (QED) is 0.548. The van der Waals surface area contributed by atoms with E-state index in [1.807, 2.05) is 30.3 Å². The van der Waals surface area contributed by atoms with Gasteiger partial charge in [0.25, 0.3) is 17.1 Å². The molecule has 2 aromatic carbocycles. The monoisotopic (exact) mass is 464 g/mol. The van der Waals surface area contributed by atoms with Crippen LogP contribution in [0.3, 0.4) is 0 Å². The number of halogens is 1. The molecule has 1 aliphatic heterocycles. The van der Waals surface area contributed by atoms with E-state index in [9.17, 15) is 14.4 Å². The summed E-state index contributed by atoms with van der Waals surface area (Å²) in [5, 5.41) is 2.90. The first-order chi connectivity index (χ1) is 15.5. The molecule has 7 nitrogen and oxygen atoms in total. The molecule has 1 aliphatic rings. The van der Waals surface area contributed by atoms with Gasteiger partial charge in [0.15, 0.2) is 5.82 Å². The van der Waals surface area contributed by atoms with Crippen LogP contribution < -0.4 is 5.32 Å². The summed E-state index contributed by atoms with van der Waals surface area (Å²) in [7, 11) is 0. The zero-order valence-electron chi connectivity index (χ0n) is 16.7. The largest absolute Gasteiger partial charge is 0.350 e. The third-order valence-corrected chi connectivity index (χ3v) is 5.77. The van der Waals surface area contributed by atoms with Gasteiger partial charge in [-0.3, -0.25) is 19.3 Å². The molecular weight excluding hydrogens is 448 g/mol. The zero-order chi connectivity index (χ0) is 22.5. The normalized spacial score (nSPS) is 14.8. The van der Waals surface area contributed by atoms with Crippen molar-refractivity contribution in [3.05, 3.63) is 88.0 Å². The van der Waals surface area contributed by atoms with Crippen LogP contribution in [0.25, 0.3) is 17.5 Å². The first kappa shape index (κ1) is 21.7. The number of amides is 3. The van der Waals surface area contributed by atoms with Gasteiger partial charge in [-0.15, -0.1) is 0 Å². The average molecular weight is 465 g/mol. The maximum Gasteiger partial charge on any atom is 0.293 e. The topological polar surface area (TPSA) is 92.3 Å². The van der Waals surface area contributed by atoms with Crippen molar-refractivity contribution in [2.45, 2.75) is 0 Å². The fourth-order valence-corrected chi connectivity index (χ4v) is 3.96. The Morgan fingerprint density at radius 3 is 2.41 bits per heavy atom. The van der Waals surface area contributed by atoms with Gasteiger partial charge in [0.1, 0.15) is 0 Å². The van der Waals surface area contributed by atoms with Gasteiger partial charge < -0.3 is 5.32 Å². The third kappa shape index (κ3) is 5.04. The molecule has 0 radical (unpaired) electrons. The third-order valence-electron chi connectivity index (χ3n) is 4.61. The SMILES string of the molecule is O=C(NCCN1C(=O)S/C(=C\c2ccc(Cl)cc2)C1=O)c1cnc(-c2ccccc2)nc1. The number of nitrogens with zero attached hydrogens (tertiary/aromatic N) is 3. The lowest BCUT2D eigenvalue weighted by atomic mass is 10.2. The van der Waals surface area contributed by atoms with Crippen LogP contribution in [0.5, 0.6) is 0 Å². The standard InChI is InChI=1S/C23H17ClN4O3S/c24-18-8-6-15(7-9-18)12-19-22(30)28(23(31)32-19)11-10-25-21(29)17-13-26-20(27-14-17)16-4-2-1-3-5-16/h1-9,12-14H,10-11H2,(H,25,29)/b19-12-. The minimum absolute atomic E-state index is 0.0668. The van der Waals surface area contributed by atoms with Crippen molar-refractivity contribution in [1.82, 2.24) is 20.2 Å². The van der Waals surface area contributed by atoms with Crippen molar-refractivity contribution in [3.63, 3.8) is 0 Å². The van der Waals surface area contributed by atoms with Gasteiger partial charge in [-0.1, -0.05) is 54.1 Å². The Bertz CT molecular complexity index is 1180. The van der Waals surface area contributed by atoms with Gasteiger partial charge >= 0.3 is 0 Å². The molecule has 0 aliphatic carbocycles. The highest BCUT2D eigenvalue weighted by atomic mass is 35.5. The lowest BCUT2D eigenvalue weighted by Crippen LogP contribution is -2.37. The smallest absolute Gasteiger partial charge is 0.293 e. The van der Waals surface area contributed by atoms with Crippen molar-refractivity contribution >= 4 is 46.5 Å². The number of thioether (sulfide) groups is 1. The van der Waals surface area contributed by atoms with Crippen LogP contribution in [0, 0.1) is 0 Å². The van der Waals surface area contributed by atoms with E-state index in [2.05, 4.69) is 15.3 Å². The Morgan fingerprint density at radius 2 is 1.72 bits per heavy atom. The maximum atomic E-state index is 12.6. The Kier molecular flexibility index (Phi) is 6.63. The summed E-state index contributed by atoms with van der Waals surface area (Å²) in [6.07, 6.45) is 4.53. The van der Waals surface area contributed by atoms with Crippen LogP contribution in [0.4, 0.5) is 4.79 Å². The van der Waals surface area contributed by atoms with Crippen molar-refractivity contribution in [3.8, 4) is 11.4 Å². The van der Waals surface area contributed by atoms with E-state index < -0.39 is 0 Å². The molecule has 3 amide bonds. The first-order valence-corrected chi connectivity index (χ1v) is 10.9. The number of benzene rings is 2. The van der Waals surface area contributed by atoms with Gasteiger partial charge in [0.2, 0.25) is 0 Å². The number of aromatic nitrogens is 2. The lowest BCUT2D eigenvalue weighted by Gasteiger charge is -2.13. The van der Waals surface area contributed by atoms with Gasteiger partial charge in [-0.2, -0.15) is 0 Å². The minimum Gasteiger partial charge on any atom is -0.350 e. The second kappa shape index (κ2) is 9.76. The molecule has 3 aromatic rings. The molecule has 1 N–H and O–H groups in total. The van der Waals surface area contributed by atoms with Gasteiger partial charge in [-0.05, 0) is 35.5 Å². The Hall–Kier alpha value is -3.49. The van der Waals surface area contributed by atoms with Gasteiger partial charge in [0.05, 0.1) is 10.5 Å². The van der Waals surface area contributed by atoms with E-state index in [4.69, 9.17) is 11.6 Å². The van der Waals surface area contributed by atoms with Crippen molar-refractivity contribution in [1.29, 1.82) is 0 Å². The summed E-state index contributed by atoms with van der Waals surface area (Å²) in [6.45, 7) is 0.183. The Labute approximate surface area is 193 Å². The Balaban J connectivity index is 1.33. The zero-order valence-corrected chi connectivity index (χ0v) is 18.3. The molecule has 0 bridgehead atoms. The van der Waals surface area contributed by atoms with Crippen LogP contribution in [0.15, 0.2) is 71.9 Å². The van der Waals surface area contributed by atoms with Crippen LogP contribution >= 0.6 is 23.4 Å². The van der Waals surface area contributed by atoms with Crippen LogP contribution in [0.1, 0.15) is 15.9 Å². The average Bonchev–Trinajstić information content (AvgIpc) is 3.08. The van der Waals surface area contributed by atoms with Crippen LogP contribution in [-0.2, 0) is 4.79 Å². The second-order valence-electron chi connectivity index (χ2n) is 6.80. The fraction of sp³-hybridized carbons (Fsp3) is 0.0870. The summed E-state index contributed by atoms with van der Waals surface area (Å²) < 4.78 is 0. The highest BCUT2D eigenvalue weighted by molar-refractivity contribution is 8.18. The fourth-order valence-electron chi connectivity index (χ4n) is 2.97. The molecule has 1 aromatic heterocycles. The van der Waals surface area contributed by atoms with Crippen molar-refractivity contribution < 1.29 is 14.4 Å². The molecule has 0 atom stereocenters. The highest BCUT2D eigenvalue weighted by Crippen LogP contribution is 2.32. The molecule has 4 rings (SSSR count). The van der Waals surface area contributed by atoms with Crippen molar-refractivity contribution in [2.24, 2.45) is 0 Å². The number of hydrogen-bond donors (Lipinski definition) is 1. The second-order valence-corrected chi connectivity index (χ2v) is 8.23. The molecule has 32 heavy (non-hydrogen) atoms. The molecule has 2 heterocycles. The van der Waals surface area contributed by atoms with Gasteiger partial charge in [0, 0.05) is 36.1 Å². The van der Waals surface area contributed by atoms with E-state index in [0.29, 0.717) is 21.3 Å². The summed E-state index contributed by atoms with van der Waals surface area (Å²) in [5.74, 6) is -0.250. The van der Waals surface area contributed by atoms with E-state index in [1.165, 1.54) is 12.4 Å². The number of carbonyl (C=O) groups excluding carboxylic acids is 3. The van der Waals surface area contributed by atoms with E-state index in [0.717, 1.165) is 27.8 Å². The molecule has 160 valence electrons. The molecule has 0 spiro atoms. The van der Waals surface area contributed by atoms with Crippen LogP contribution in [0.2, 0.25) is 5.02 Å². The molecule has 1 fully saturated rings. The number of carbonyl (C=O) groups is 3. The number of imide groups is 1. The predicted molar refractivity (Wildman–Crippen MR) is 124 cm³/mol. The predicted octanol–water partition coefficient (Wildman–Crippen LogP) is 4.26. The van der Waals surface area contributed by atoms with Crippen LogP contribution in [-0.4, -0.2) is 45.0 Å². The maximum absolute atomic E-state index is 12.6. The summed E-state index contributed by atoms with van der Waals surface area (Å²) in [4.78, 5) is 47.0. The molecule has 0 unspecified atom stereocenters. The summed E-state index contributed by atoms with van der Waals surface area (Å²) >= 11 is 6.74.